The Hall–Kier alpha value is -3.26. The Morgan fingerprint density at radius 3 is 2.52 bits per heavy atom. The summed E-state index contributed by atoms with van der Waals surface area (Å²) in [7, 11) is 2.84. The topological polar surface area (TPSA) is 85.8 Å². The molecule has 0 spiro atoms. The highest BCUT2D eigenvalue weighted by atomic mass is 32.2. The van der Waals surface area contributed by atoms with Crippen LogP contribution in [-0.2, 0) is 14.1 Å². The third-order valence-corrected chi connectivity index (χ3v) is 6.58. The average molecular weight is 438 g/mol. The molecule has 0 saturated carbocycles. The molecule has 0 amide bonds. The molecule has 8 heteroatoms. The van der Waals surface area contributed by atoms with E-state index in [9.17, 15) is 14.7 Å². The smallest absolute Gasteiger partial charge is 0.333 e. The van der Waals surface area contributed by atoms with Crippen molar-refractivity contribution < 1.29 is 9.84 Å². The van der Waals surface area contributed by atoms with Crippen LogP contribution in [0.5, 0.6) is 11.6 Å². The lowest BCUT2D eigenvalue weighted by molar-refractivity contribution is 0.340. The molecule has 1 aliphatic rings. The fourth-order valence-electron chi connectivity index (χ4n) is 3.59. The molecule has 3 aromatic rings. The van der Waals surface area contributed by atoms with Crippen LogP contribution in [0.1, 0.15) is 29.7 Å². The molecule has 0 saturated heterocycles. The fraction of sp³-hybridized carbons (Fsp3) is 0.261. The van der Waals surface area contributed by atoms with Crippen LogP contribution < -0.4 is 16.0 Å². The second kappa shape index (κ2) is 8.47. The molecular weight excluding hydrogens is 414 g/mol. The summed E-state index contributed by atoms with van der Waals surface area (Å²) in [5.74, 6) is 0.422. The second-order valence-corrected chi connectivity index (χ2v) is 8.49. The second-order valence-electron chi connectivity index (χ2n) is 7.24. The summed E-state index contributed by atoms with van der Waals surface area (Å²) in [4.78, 5) is 30.9. The van der Waals surface area contributed by atoms with Gasteiger partial charge >= 0.3 is 5.69 Å². The van der Waals surface area contributed by atoms with E-state index in [0.717, 1.165) is 31.0 Å². The van der Waals surface area contributed by atoms with Gasteiger partial charge in [-0.3, -0.25) is 18.9 Å². The lowest BCUT2D eigenvalue weighted by Crippen LogP contribution is -2.40. The maximum absolute atomic E-state index is 12.9. The predicted octanol–water partition coefficient (Wildman–Crippen LogP) is 3.55. The summed E-state index contributed by atoms with van der Waals surface area (Å²) in [6.07, 6.45) is 0.411. The Morgan fingerprint density at radius 1 is 1.10 bits per heavy atom. The van der Waals surface area contributed by atoms with Crippen LogP contribution in [0.2, 0.25) is 0 Å². The molecule has 0 fully saturated rings. The molecule has 160 valence electrons. The van der Waals surface area contributed by atoms with E-state index in [4.69, 9.17) is 9.73 Å². The maximum Gasteiger partial charge on any atom is 0.333 e. The lowest BCUT2D eigenvalue weighted by atomic mass is 10.0. The van der Waals surface area contributed by atoms with Gasteiger partial charge in [0.15, 0.2) is 0 Å². The molecule has 4 rings (SSSR count). The molecule has 0 radical (unpaired) electrons. The number of aliphatic imine (C=N–C) groups is 1. The van der Waals surface area contributed by atoms with Gasteiger partial charge in [0.2, 0.25) is 5.88 Å². The van der Waals surface area contributed by atoms with Gasteiger partial charge in [0.05, 0.1) is 18.0 Å². The Bertz CT molecular complexity index is 1280. The van der Waals surface area contributed by atoms with Gasteiger partial charge in [0, 0.05) is 30.7 Å². The zero-order chi connectivity index (χ0) is 22.1. The number of benzene rings is 2. The Labute approximate surface area is 183 Å². The van der Waals surface area contributed by atoms with Crippen LogP contribution in [0.3, 0.4) is 0 Å². The summed E-state index contributed by atoms with van der Waals surface area (Å²) >= 11 is 1.66. The maximum atomic E-state index is 12.9. The molecule has 31 heavy (non-hydrogen) atoms. The van der Waals surface area contributed by atoms with Gasteiger partial charge in [-0.1, -0.05) is 24.3 Å². The summed E-state index contributed by atoms with van der Waals surface area (Å²) in [5.41, 5.74) is 1.14. The van der Waals surface area contributed by atoms with E-state index >= 15 is 0 Å². The normalized spacial score (nSPS) is 15.7. The number of aromatic hydroxyl groups is 1. The van der Waals surface area contributed by atoms with Crippen molar-refractivity contribution in [2.75, 3.05) is 6.61 Å². The van der Waals surface area contributed by atoms with Crippen molar-refractivity contribution in [1.29, 1.82) is 0 Å². The first-order chi connectivity index (χ1) is 14.9. The minimum Gasteiger partial charge on any atom is -0.494 e. The number of fused-ring (bicyclic) bond motifs is 1. The minimum atomic E-state index is -0.585. The van der Waals surface area contributed by atoms with Crippen LogP contribution in [0.25, 0.3) is 0 Å². The largest absolute Gasteiger partial charge is 0.494 e. The average Bonchev–Trinajstić information content (AvgIpc) is 2.97. The summed E-state index contributed by atoms with van der Waals surface area (Å²) in [6.45, 7) is 2.53. The third-order valence-electron chi connectivity index (χ3n) is 5.25. The number of nitrogens with zero attached hydrogens (tertiary/aromatic N) is 3. The number of hydrogen-bond acceptors (Lipinski definition) is 6. The molecule has 1 aromatic heterocycles. The first-order valence-corrected chi connectivity index (χ1v) is 10.8. The highest BCUT2D eigenvalue weighted by molar-refractivity contribution is 7.99. The molecule has 1 N–H and O–H groups in total. The Balaban J connectivity index is 1.86. The van der Waals surface area contributed by atoms with E-state index in [0.29, 0.717) is 18.7 Å². The van der Waals surface area contributed by atoms with Crippen LogP contribution >= 0.6 is 11.8 Å². The van der Waals surface area contributed by atoms with Crippen molar-refractivity contribution >= 4 is 23.2 Å². The van der Waals surface area contributed by atoms with Crippen LogP contribution in [0, 0.1) is 0 Å². The van der Waals surface area contributed by atoms with Gasteiger partial charge in [-0.25, -0.2) is 4.79 Å². The molecule has 1 atom stereocenters. The molecule has 0 unspecified atom stereocenters. The van der Waals surface area contributed by atoms with Crippen molar-refractivity contribution in [2.24, 2.45) is 19.1 Å². The van der Waals surface area contributed by atoms with Gasteiger partial charge < -0.3 is 9.84 Å². The van der Waals surface area contributed by atoms with Crippen molar-refractivity contribution in [3.63, 3.8) is 0 Å². The number of aromatic nitrogens is 2. The molecule has 0 bridgehead atoms. The quantitative estimate of drug-likeness (QED) is 0.675. The van der Waals surface area contributed by atoms with Crippen molar-refractivity contribution in [1.82, 2.24) is 9.13 Å². The lowest BCUT2D eigenvalue weighted by Gasteiger charge is -2.17. The van der Waals surface area contributed by atoms with Gasteiger partial charge in [-0.15, -0.1) is 11.8 Å². The standard InChI is InChI=1S/C23H23N3O4S/c1-4-30-15-11-9-14(10-12-15)19-13-17(24-16-7-5-6-8-18(16)31-19)20-21(27)25(2)23(29)26(3)22(20)28/h5-12,19,27H,4,13H2,1-3H3/t19-/m0/s1. The predicted molar refractivity (Wildman–Crippen MR) is 122 cm³/mol. The van der Waals surface area contributed by atoms with Crippen LogP contribution in [0.4, 0.5) is 5.69 Å². The summed E-state index contributed by atoms with van der Waals surface area (Å²) < 4.78 is 7.61. The molecule has 1 aliphatic heterocycles. The van der Waals surface area contributed by atoms with E-state index in [-0.39, 0.29) is 16.7 Å². The number of hydrogen-bond donors (Lipinski definition) is 1. The SMILES string of the molecule is CCOc1ccc([C@@H]2CC(c3c(O)n(C)c(=O)n(C)c3=O)=Nc3ccccc3S2)cc1. The molecule has 2 heterocycles. The van der Waals surface area contributed by atoms with Gasteiger partial charge in [0.25, 0.3) is 5.56 Å². The van der Waals surface area contributed by atoms with Crippen molar-refractivity contribution in [2.45, 2.75) is 23.5 Å². The number of rotatable bonds is 4. The molecule has 7 nitrogen and oxygen atoms in total. The first-order valence-electron chi connectivity index (χ1n) is 9.96. The Kier molecular flexibility index (Phi) is 5.73. The summed E-state index contributed by atoms with van der Waals surface area (Å²) in [6, 6.07) is 15.6. The van der Waals surface area contributed by atoms with E-state index in [1.807, 2.05) is 55.5 Å². The monoisotopic (exact) mass is 437 g/mol. The van der Waals surface area contributed by atoms with E-state index in [2.05, 4.69) is 0 Å². The van der Waals surface area contributed by atoms with Crippen molar-refractivity contribution in [3.05, 3.63) is 80.5 Å². The van der Waals surface area contributed by atoms with E-state index in [1.54, 1.807) is 11.8 Å². The fourth-order valence-corrected chi connectivity index (χ4v) is 4.82. The van der Waals surface area contributed by atoms with Gasteiger partial charge in [-0.05, 0) is 36.8 Å². The zero-order valence-electron chi connectivity index (χ0n) is 17.5. The highest BCUT2D eigenvalue weighted by Gasteiger charge is 2.27. The van der Waals surface area contributed by atoms with E-state index < -0.39 is 11.2 Å². The van der Waals surface area contributed by atoms with Crippen molar-refractivity contribution in [3.8, 4) is 11.6 Å². The molecule has 2 aromatic carbocycles. The summed E-state index contributed by atoms with van der Waals surface area (Å²) in [5, 5.41) is 10.6. The molecule has 0 aliphatic carbocycles. The highest BCUT2D eigenvalue weighted by Crippen LogP contribution is 2.45. The first kappa shape index (κ1) is 21.0. The van der Waals surface area contributed by atoms with Crippen LogP contribution in [-0.4, -0.2) is 26.6 Å². The zero-order valence-corrected chi connectivity index (χ0v) is 18.3. The van der Waals surface area contributed by atoms with Crippen LogP contribution in [0.15, 0.2) is 68.0 Å². The van der Waals surface area contributed by atoms with Gasteiger partial charge in [0.1, 0.15) is 11.3 Å². The van der Waals surface area contributed by atoms with E-state index in [1.165, 1.54) is 14.1 Å². The molecular formula is C23H23N3O4S. The third kappa shape index (κ3) is 3.90. The number of ether oxygens (including phenoxy) is 1. The number of thioether (sulfide) groups is 1. The number of para-hydroxylation sites is 1. The van der Waals surface area contributed by atoms with Gasteiger partial charge in [-0.2, -0.15) is 0 Å². The minimum absolute atomic E-state index is 0.0422. The Morgan fingerprint density at radius 2 is 1.81 bits per heavy atom.